The van der Waals surface area contributed by atoms with Crippen molar-refractivity contribution in [3.05, 3.63) is 12.2 Å². The van der Waals surface area contributed by atoms with Gasteiger partial charge in [0.1, 0.15) is 0 Å². The van der Waals surface area contributed by atoms with Crippen molar-refractivity contribution in [2.75, 3.05) is 7.11 Å². The van der Waals surface area contributed by atoms with Crippen molar-refractivity contribution in [1.29, 1.82) is 0 Å². The van der Waals surface area contributed by atoms with Crippen LogP contribution in [0.3, 0.4) is 0 Å². The van der Waals surface area contributed by atoms with Gasteiger partial charge in [-0.1, -0.05) is 26.0 Å². The predicted octanol–water partition coefficient (Wildman–Crippen LogP) is 1.51. The molecular formula is C11H18O3. The highest BCUT2D eigenvalue weighted by molar-refractivity contribution is 5.74. The number of rotatable bonds is 2. The van der Waals surface area contributed by atoms with E-state index in [2.05, 4.69) is 11.3 Å². The first kappa shape index (κ1) is 11.2. The molecule has 1 saturated carbocycles. The van der Waals surface area contributed by atoms with Crippen molar-refractivity contribution in [2.45, 2.75) is 32.8 Å². The molecule has 2 atom stereocenters. The lowest BCUT2D eigenvalue weighted by molar-refractivity contribution is -0.155. The average Bonchev–Trinajstić information content (AvgIpc) is 2.40. The molecule has 0 aromatic rings. The standard InChI is InChI=1S/C11H18O3/c1-7-5-6-8(11(7,2)3)9(12)10(13)14-4/h8-9,12H,1,5-6H2,2-4H3/t8-,9-/m0/s1. The first-order valence-electron chi connectivity index (χ1n) is 4.85. The molecule has 0 bridgehead atoms. The SMILES string of the molecule is C=C1CC[C@@H]([C@H](O)C(=O)OC)C1(C)C. The molecule has 1 N–H and O–H groups in total. The molecule has 3 heteroatoms. The van der Waals surface area contributed by atoms with Gasteiger partial charge in [-0.3, -0.25) is 0 Å². The maximum atomic E-state index is 11.2. The summed E-state index contributed by atoms with van der Waals surface area (Å²) in [6.45, 7) is 7.99. The fraction of sp³-hybridized carbons (Fsp3) is 0.727. The van der Waals surface area contributed by atoms with E-state index in [1.54, 1.807) is 0 Å². The van der Waals surface area contributed by atoms with Gasteiger partial charge in [0.05, 0.1) is 7.11 Å². The van der Waals surface area contributed by atoms with Crippen LogP contribution < -0.4 is 0 Å². The average molecular weight is 198 g/mol. The summed E-state index contributed by atoms with van der Waals surface area (Å²) in [7, 11) is 1.29. The van der Waals surface area contributed by atoms with Gasteiger partial charge in [0.2, 0.25) is 0 Å². The summed E-state index contributed by atoms with van der Waals surface area (Å²) in [6.07, 6.45) is 0.669. The zero-order valence-electron chi connectivity index (χ0n) is 9.04. The lowest BCUT2D eigenvalue weighted by Crippen LogP contribution is -2.36. The van der Waals surface area contributed by atoms with Gasteiger partial charge in [-0.25, -0.2) is 4.79 Å². The molecule has 0 heterocycles. The summed E-state index contributed by atoms with van der Waals surface area (Å²) in [5.41, 5.74) is 0.929. The lowest BCUT2D eigenvalue weighted by Gasteiger charge is -2.30. The summed E-state index contributed by atoms with van der Waals surface area (Å²) >= 11 is 0. The van der Waals surface area contributed by atoms with Gasteiger partial charge in [0, 0.05) is 5.92 Å². The summed E-state index contributed by atoms with van der Waals surface area (Å²) in [5, 5.41) is 9.76. The fourth-order valence-electron chi connectivity index (χ4n) is 2.11. The van der Waals surface area contributed by atoms with Gasteiger partial charge in [-0.2, -0.15) is 0 Å². The molecule has 14 heavy (non-hydrogen) atoms. The number of esters is 1. The van der Waals surface area contributed by atoms with Crippen LogP contribution in [0.1, 0.15) is 26.7 Å². The Morgan fingerprint density at radius 3 is 2.64 bits per heavy atom. The Labute approximate surface area is 84.8 Å². The van der Waals surface area contributed by atoms with E-state index in [0.29, 0.717) is 0 Å². The normalized spacial score (nSPS) is 27.4. The third-order valence-electron chi connectivity index (χ3n) is 3.42. The second-order valence-corrected chi connectivity index (χ2v) is 4.44. The van der Waals surface area contributed by atoms with Crippen molar-refractivity contribution in [3.63, 3.8) is 0 Å². The molecule has 1 fully saturated rings. The molecule has 1 aliphatic carbocycles. The molecule has 0 unspecified atom stereocenters. The quantitative estimate of drug-likeness (QED) is 0.540. The highest BCUT2D eigenvalue weighted by Gasteiger charge is 2.44. The van der Waals surface area contributed by atoms with Gasteiger partial charge < -0.3 is 9.84 Å². The molecule has 0 radical (unpaired) electrons. The van der Waals surface area contributed by atoms with Crippen LogP contribution in [-0.4, -0.2) is 24.3 Å². The lowest BCUT2D eigenvalue weighted by atomic mass is 9.76. The topological polar surface area (TPSA) is 46.5 Å². The fourth-order valence-corrected chi connectivity index (χ4v) is 2.11. The van der Waals surface area contributed by atoms with Crippen molar-refractivity contribution in [2.24, 2.45) is 11.3 Å². The molecule has 1 aliphatic rings. The minimum Gasteiger partial charge on any atom is -0.467 e. The number of aliphatic hydroxyl groups is 1. The van der Waals surface area contributed by atoms with Gasteiger partial charge in [-0.15, -0.1) is 0 Å². The molecular weight excluding hydrogens is 180 g/mol. The number of methoxy groups -OCH3 is 1. The molecule has 0 saturated heterocycles. The number of hydrogen-bond acceptors (Lipinski definition) is 3. The number of hydrogen-bond donors (Lipinski definition) is 1. The van der Waals surface area contributed by atoms with E-state index in [0.717, 1.165) is 18.4 Å². The van der Waals surface area contributed by atoms with E-state index in [1.165, 1.54) is 7.11 Å². The van der Waals surface area contributed by atoms with Crippen LogP contribution in [0.15, 0.2) is 12.2 Å². The highest BCUT2D eigenvalue weighted by atomic mass is 16.5. The van der Waals surface area contributed by atoms with E-state index in [4.69, 9.17) is 0 Å². The molecule has 1 rings (SSSR count). The third kappa shape index (κ3) is 1.69. The Morgan fingerprint density at radius 1 is 1.71 bits per heavy atom. The van der Waals surface area contributed by atoms with Crippen LogP contribution in [0, 0.1) is 11.3 Å². The Bertz CT molecular complexity index is 255. The maximum Gasteiger partial charge on any atom is 0.335 e. The first-order chi connectivity index (χ1) is 6.41. The first-order valence-corrected chi connectivity index (χ1v) is 4.85. The number of carbonyl (C=O) groups is 1. The van der Waals surface area contributed by atoms with Crippen LogP contribution in [0.2, 0.25) is 0 Å². The zero-order chi connectivity index (χ0) is 10.9. The van der Waals surface area contributed by atoms with E-state index in [-0.39, 0.29) is 11.3 Å². The maximum absolute atomic E-state index is 11.2. The van der Waals surface area contributed by atoms with Crippen molar-refractivity contribution in [1.82, 2.24) is 0 Å². The summed E-state index contributed by atoms with van der Waals surface area (Å²) < 4.78 is 4.53. The smallest absolute Gasteiger partial charge is 0.335 e. The van der Waals surface area contributed by atoms with Gasteiger partial charge in [0.15, 0.2) is 6.10 Å². The summed E-state index contributed by atoms with van der Waals surface area (Å²) in [6, 6.07) is 0. The van der Waals surface area contributed by atoms with Crippen molar-refractivity contribution in [3.8, 4) is 0 Å². The molecule has 3 nitrogen and oxygen atoms in total. The molecule has 0 aliphatic heterocycles. The van der Waals surface area contributed by atoms with Crippen molar-refractivity contribution >= 4 is 5.97 Å². The monoisotopic (exact) mass is 198 g/mol. The second-order valence-electron chi connectivity index (χ2n) is 4.44. The minimum atomic E-state index is -1.02. The van der Waals surface area contributed by atoms with E-state index >= 15 is 0 Å². The van der Waals surface area contributed by atoms with Crippen LogP contribution >= 0.6 is 0 Å². The summed E-state index contributed by atoms with van der Waals surface area (Å²) in [5.74, 6) is -0.611. The van der Waals surface area contributed by atoms with Crippen LogP contribution in [0.4, 0.5) is 0 Å². The van der Waals surface area contributed by atoms with Crippen LogP contribution in [-0.2, 0) is 9.53 Å². The highest BCUT2D eigenvalue weighted by Crippen LogP contribution is 2.47. The molecule has 80 valence electrons. The zero-order valence-corrected chi connectivity index (χ0v) is 9.04. The van der Waals surface area contributed by atoms with Gasteiger partial charge in [0.25, 0.3) is 0 Å². The predicted molar refractivity (Wildman–Crippen MR) is 53.7 cm³/mol. The molecule has 0 spiro atoms. The molecule has 0 aromatic carbocycles. The Hall–Kier alpha value is -0.830. The Morgan fingerprint density at radius 2 is 2.29 bits per heavy atom. The number of carbonyl (C=O) groups excluding carboxylic acids is 1. The minimum absolute atomic E-state index is 0.0672. The summed E-state index contributed by atoms with van der Waals surface area (Å²) in [4.78, 5) is 11.2. The Kier molecular flexibility index (Phi) is 3.00. The second kappa shape index (κ2) is 3.73. The van der Waals surface area contributed by atoms with E-state index < -0.39 is 12.1 Å². The van der Waals surface area contributed by atoms with Gasteiger partial charge >= 0.3 is 5.97 Å². The van der Waals surface area contributed by atoms with Gasteiger partial charge in [-0.05, 0) is 18.3 Å². The van der Waals surface area contributed by atoms with E-state index in [1.807, 2.05) is 13.8 Å². The number of allylic oxidation sites excluding steroid dienone is 1. The molecule has 0 aromatic heterocycles. The number of aliphatic hydroxyl groups excluding tert-OH is 1. The largest absolute Gasteiger partial charge is 0.467 e. The van der Waals surface area contributed by atoms with Crippen LogP contribution in [0.25, 0.3) is 0 Å². The van der Waals surface area contributed by atoms with Crippen LogP contribution in [0.5, 0.6) is 0 Å². The molecule has 0 amide bonds. The third-order valence-corrected chi connectivity index (χ3v) is 3.42. The number of ether oxygens (including phenoxy) is 1. The van der Waals surface area contributed by atoms with E-state index in [9.17, 15) is 9.90 Å². The van der Waals surface area contributed by atoms with Crippen molar-refractivity contribution < 1.29 is 14.6 Å². The Balaban J connectivity index is 2.79.